The first kappa shape index (κ1) is 17.0. The van der Waals surface area contributed by atoms with Gasteiger partial charge >= 0.3 is 0 Å². The second kappa shape index (κ2) is 6.68. The van der Waals surface area contributed by atoms with Crippen LogP contribution < -0.4 is 5.32 Å². The molecule has 0 atom stereocenters. The van der Waals surface area contributed by atoms with Crippen LogP contribution in [0.1, 0.15) is 11.3 Å². The molecule has 134 valence electrons. The maximum atomic E-state index is 13.1. The van der Waals surface area contributed by atoms with Crippen LogP contribution in [0.2, 0.25) is 0 Å². The highest BCUT2D eigenvalue weighted by Crippen LogP contribution is 2.28. The molecule has 0 aliphatic heterocycles. The first-order valence-electron chi connectivity index (χ1n) is 8.62. The van der Waals surface area contributed by atoms with Crippen LogP contribution in [-0.2, 0) is 7.05 Å². The lowest BCUT2D eigenvalue weighted by Crippen LogP contribution is -1.99. The van der Waals surface area contributed by atoms with E-state index in [0.29, 0.717) is 11.5 Å². The Morgan fingerprint density at radius 3 is 2.52 bits per heavy atom. The van der Waals surface area contributed by atoms with Crippen molar-refractivity contribution in [3.63, 3.8) is 0 Å². The van der Waals surface area contributed by atoms with Crippen LogP contribution in [0, 0.1) is 12.7 Å². The lowest BCUT2D eigenvalue weighted by atomic mass is 10.0. The molecule has 0 radical (unpaired) electrons. The monoisotopic (exact) mass is 358 g/mol. The van der Waals surface area contributed by atoms with Gasteiger partial charge in [-0.15, -0.1) is 0 Å². The number of rotatable bonds is 4. The molecule has 2 heterocycles. The predicted octanol–water partition coefficient (Wildman–Crippen LogP) is 5.17. The highest BCUT2D eigenvalue weighted by molar-refractivity contribution is 5.89. The molecule has 2 aromatic carbocycles. The van der Waals surface area contributed by atoms with E-state index in [1.54, 1.807) is 12.1 Å². The van der Waals surface area contributed by atoms with Gasteiger partial charge in [0.15, 0.2) is 0 Å². The minimum Gasteiger partial charge on any atom is -0.340 e. The lowest BCUT2D eigenvalue weighted by molar-refractivity contribution is 0.627. The summed E-state index contributed by atoms with van der Waals surface area (Å²) < 4.78 is 15.0. The predicted molar refractivity (Wildman–Crippen MR) is 108 cm³/mol. The van der Waals surface area contributed by atoms with Crippen molar-refractivity contribution in [3.05, 3.63) is 84.6 Å². The molecule has 0 spiro atoms. The van der Waals surface area contributed by atoms with E-state index < -0.39 is 0 Å². The zero-order valence-electron chi connectivity index (χ0n) is 15.2. The summed E-state index contributed by atoms with van der Waals surface area (Å²) >= 11 is 0. The Kier molecular flexibility index (Phi) is 4.20. The first-order chi connectivity index (χ1) is 13.0. The van der Waals surface area contributed by atoms with Crippen LogP contribution in [0.5, 0.6) is 0 Å². The fraction of sp³-hybridized carbons (Fsp3) is 0.0909. The van der Waals surface area contributed by atoms with Crippen LogP contribution >= 0.6 is 0 Å². The van der Waals surface area contributed by atoms with E-state index in [2.05, 4.69) is 47.1 Å². The summed E-state index contributed by atoms with van der Waals surface area (Å²) in [5.41, 5.74) is 4.83. The number of halogens is 1. The smallest absolute Gasteiger partial charge is 0.130 e. The van der Waals surface area contributed by atoms with E-state index in [0.717, 1.165) is 33.2 Å². The van der Waals surface area contributed by atoms with Crippen molar-refractivity contribution < 1.29 is 4.39 Å². The van der Waals surface area contributed by atoms with Crippen molar-refractivity contribution in [3.8, 4) is 11.1 Å². The average Bonchev–Trinajstić information content (AvgIpc) is 3.00. The molecule has 0 aliphatic carbocycles. The van der Waals surface area contributed by atoms with Gasteiger partial charge in [0.25, 0.3) is 0 Å². The quantitative estimate of drug-likeness (QED) is 0.547. The van der Waals surface area contributed by atoms with Gasteiger partial charge in [0.05, 0.1) is 6.20 Å². The maximum absolute atomic E-state index is 13.1. The minimum atomic E-state index is -0.270. The van der Waals surface area contributed by atoms with Crippen molar-refractivity contribution in [2.75, 3.05) is 5.32 Å². The van der Waals surface area contributed by atoms with Gasteiger partial charge in [-0.3, -0.25) is 4.68 Å². The summed E-state index contributed by atoms with van der Waals surface area (Å²) in [5, 5.41) is 9.65. The first-order valence-corrected chi connectivity index (χ1v) is 8.62. The Hall–Kier alpha value is -3.47. The molecule has 0 unspecified atom stereocenters. The molecule has 5 heteroatoms. The number of hydrogen-bond acceptors (Lipinski definition) is 3. The number of benzene rings is 2. The Balaban J connectivity index is 1.65. The second-order valence-corrected chi connectivity index (χ2v) is 6.51. The molecular formula is C22H19FN4. The highest BCUT2D eigenvalue weighted by atomic mass is 19.1. The third-order valence-electron chi connectivity index (χ3n) is 4.74. The fourth-order valence-corrected chi connectivity index (χ4v) is 3.04. The summed E-state index contributed by atoms with van der Waals surface area (Å²) in [6, 6.07) is 14.5. The number of aryl methyl sites for hydroxylation is 1. The van der Waals surface area contributed by atoms with Crippen molar-refractivity contribution in [2.45, 2.75) is 6.92 Å². The van der Waals surface area contributed by atoms with E-state index in [1.807, 2.05) is 30.2 Å². The molecule has 0 amide bonds. The number of nitrogens with one attached hydrogen (secondary N) is 1. The molecule has 4 aromatic rings. The number of fused-ring (bicyclic) bond motifs is 1. The number of nitrogens with zero attached hydrogens (tertiary/aromatic N) is 3. The summed E-state index contributed by atoms with van der Waals surface area (Å²) in [6.45, 7) is 6.08. The number of anilines is 1. The second-order valence-electron chi connectivity index (χ2n) is 6.51. The van der Waals surface area contributed by atoms with Gasteiger partial charge in [0, 0.05) is 35.6 Å². The van der Waals surface area contributed by atoms with Crippen LogP contribution in [0.25, 0.3) is 27.6 Å². The van der Waals surface area contributed by atoms with E-state index in [9.17, 15) is 4.39 Å². The third-order valence-corrected chi connectivity index (χ3v) is 4.74. The minimum absolute atomic E-state index is 0.270. The standard InChI is InChI=1S/C22H19FN4/c1-14(16-6-8-20(23)9-7-16)26-22-11-19-10-17(4-5-18(19)12-24-22)21-13-25-27(3)15(21)2/h4-13H,1H2,2-3H3,(H,24,26). The molecule has 27 heavy (non-hydrogen) atoms. The zero-order valence-corrected chi connectivity index (χ0v) is 15.2. The van der Waals surface area contributed by atoms with Gasteiger partial charge < -0.3 is 5.32 Å². The normalized spacial score (nSPS) is 10.9. The summed E-state index contributed by atoms with van der Waals surface area (Å²) in [7, 11) is 1.94. The van der Waals surface area contributed by atoms with Crippen molar-refractivity contribution in [1.29, 1.82) is 0 Å². The molecule has 0 aliphatic rings. The third kappa shape index (κ3) is 3.31. The largest absolute Gasteiger partial charge is 0.340 e. The zero-order chi connectivity index (χ0) is 19.0. The number of aromatic nitrogens is 3. The number of hydrogen-bond donors (Lipinski definition) is 1. The molecule has 0 fully saturated rings. The van der Waals surface area contributed by atoms with Gasteiger partial charge in [0.2, 0.25) is 0 Å². The molecule has 0 saturated carbocycles. The summed E-state index contributed by atoms with van der Waals surface area (Å²) in [5.74, 6) is 0.422. The van der Waals surface area contributed by atoms with Crippen molar-refractivity contribution in [1.82, 2.24) is 14.8 Å². The van der Waals surface area contributed by atoms with Crippen molar-refractivity contribution >= 4 is 22.3 Å². The molecule has 2 aromatic heterocycles. The van der Waals surface area contributed by atoms with Crippen LogP contribution in [-0.4, -0.2) is 14.8 Å². The highest BCUT2D eigenvalue weighted by Gasteiger charge is 2.08. The molecule has 4 rings (SSSR count). The topological polar surface area (TPSA) is 42.7 Å². The average molecular weight is 358 g/mol. The van der Waals surface area contributed by atoms with Gasteiger partial charge in [-0.25, -0.2) is 9.37 Å². The Labute approximate surface area is 157 Å². The lowest BCUT2D eigenvalue weighted by Gasteiger charge is -2.10. The van der Waals surface area contributed by atoms with Crippen LogP contribution in [0.3, 0.4) is 0 Å². The molecule has 0 saturated heterocycles. The number of pyridine rings is 1. The van der Waals surface area contributed by atoms with E-state index in [4.69, 9.17) is 0 Å². The molecular weight excluding hydrogens is 339 g/mol. The van der Waals surface area contributed by atoms with E-state index in [1.165, 1.54) is 12.1 Å². The van der Waals surface area contributed by atoms with Crippen LogP contribution in [0.15, 0.2) is 67.5 Å². The molecule has 4 nitrogen and oxygen atoms in total. The summed E-state index contributed by atoms with van der Waals surface area (Å²) in [6.07, 6.45) is 3.71. The van der Waals surface area contributed by atoms with Gasteiger partial charge in [-0.05, 0) is 47.7 Å². The van der Waals surface area contributed by atoms with E-state index >= 15 is 0 Å². The Morgan fingerprint density at radius 1 is 1.04 bits per heavy atom. The van der Waals surface area contributed by atoms with Gasteiger partial charge in [-0.1, -0.05) is 30.8 Å². The van der Waals surface area contributed by atoms with Gasteiger partial charge in [0.1, 0.15) is 11.6 Å². The van der Waals surface area contributed by atoms with E-state index in [-0.39, 0.29) is 5.82 Å². The summed E-state index contributed by atoms with van der Waals surface area (Å²) in [4.78, 5) is 4.45. The van der Waals surface area contributed by atoms with Crippen molar-refractivity contribution in [2.24, 2.45) is 7.05 Å². The molecule has 0 bridgehead atoms. The Morgan fingerprint density at radius 2 is 1.81 bits per heavy atom. The van der Waals surface area contributed by atoms with Gasteiger partial charge in [-0.2, -0.15) is 5.10 Å². The SMILES string of the molecule is C=C(Nc1cc2cc(-c3cnn(C)c3C)ccc2cn1)c1ccc(F)cc1. The molecule has 1 N–H and O–H groups in total. The maximum Gasteiger partial charge on any atom is 0.130 e. The van der Waals surface area contributed by atoms with Crippen LogP contribution in [0.4, 0.5) is 10.2 Å². The fourth-order valence-electron chi connectivity index (χ4n) is 3.04. The Bertz CT molecular complexity index is 1140.